The maximum absolute atomic E-state index is 10.6. The topological polar surface area (TPSA) is 77.8 Å². The van der Waals surface area contributed by atoms with Crippen LogP contribution in [0, 0.1) is 5.92 Å². The van der Waals surface area contributed by atoms with E-state index in [0.717, 1.165) is 4.90 Å². The molecule has 0 bridgehead atoms. The molecule has 0 unspecified atom stereocenters. The van der Waals surface area contributed by atoms with Crippen molar-refractivity contribution < 1.29 is 19.8 Å². The van der Waals surface area contributed by atoms with Crippen LogP contribution >= 0.6 is 0 Å². The van der Waals surface area contributed by atoms with Crippen LogP contribution in [0.2, 0.25) is 0 Å². The van der Waals surface area contributed by atoms with Gasteiger partial charge in [0.25, 0.3) is 0 Å². The van der Waals surface area contributed by atoms with Crippen molar-refractivity contribution in [2.75, 3.05) is 6.54 Å². The standard InChI is InChI=1S/C7H11NO4/c1-4-5(10)2-8(3-9)6(4)7(11)12/h3-6,10H,2H2,1H3,(H,11,12)/t4-,5-,6+/m1/s1. The highest BCUT2D eigenvalue weighted by Crippen LogP contribution is 2.22. The molecule has 1 aliphatic heterocycles. The summed E-state index contributed by atoms with van der Waals surface area (Å²) in [4.78, 5) is 22.1. The van der Waals surface area contributed by atoms with E-state index in [9.17, 15) is 14.7 Å². The number of β-amino-alcohol motifs (C(OH)–C–C–N with tert-alkyl or cyclic N) is 1. The second kappa shape index (κ2) is 3.10. The largest absolute Gasteiger partial charge is 0.480 e. The highest BCUT2D eigenvalue weighted by atomic mass is 16.4. The first-order chi connectivity index (χ1) is 5.57. The number of amides is 1. The molecular weight excluding hydrogens is 162 g/mol. The third kappa shape index (κ3) is 1.27. The molecule has 1 fully saturated rings. The summed E-state index contributed by atoms with van der Waals surface area (Å²) in [6.07, 6.45) is -0.262. The molecule has 0 aromatic rings. The SMILES string of the molecule is C[C@@H]1[C@H](O)CN(C=O)[C@@H]1C(=O)O. The number of hydrogen-bond acceptors (Lipinski definition) is 3. The summed E-state index contributed by atoms with van der Waals surface area (Å²) in [5.41, 5.74) is 0. The molecule has 5 nitrogen and oxygen atoms in total. The predicted octanol–water partition coefficient (Wildman–Crippen LogP) is -1.09. The molecule has 0 radical (unpaired) electrons. The zero-order valence-electron chi connectivity index (χ0n) is 6.67. The fraction of sp³-hybridized carbons (Fsp3) is 0.714. The Balaban J connectivity index is 2.80. The molecule has 0 aliphatic carbocycles. The van der Waals surface area contributed by atoms with Gasteiger partial charge in [-0.2, -0.15) is 0 Å². The van der Waals surface area contributed by atoms with Gasteiger partial charge in [0, 0.05) is 12.5 Å². The van der Waals surface area contributed by atoms with Crippen molar-refractivity contribution in [1.82, 2.24) is 4.90 Å². The maximum atomic E-state index is 10.6. The van der Waals surface area contributed by atoms with Crippen LogP contribution in [0.5, 0.6) is 0 Å². The van der Waals surface area contributed by atoms with Gasteiger partial charge < -0.3 is 15.1 Å². The molecule has 1 rings (SSSR count). The van der Waals surface area contributed by atoms with Crippen molar-refractivity contribution in [1.29, 1.82) is 0 Å². The Bertz CT molecular complexity index is 206. The van der Waals surface area contributed by atoms with E-state index in [1.165, 1.54) is 0 Å². The van der Waals surface area contributed by atoms with Crippen molar-refractivity contribution in [3.63, 3.8) is 0 Å². The minimum Gasteiger partial charge on any atom is -0.480 e. The first-order valence-electron chi connectivity index (χ1n) is 3.70. The summed E-state index contributed by atoms with van der Waals surface area (Å²) >= 11 is 0. The quantitative estimate of drug-likeness (QED) is 0.520. The summed E-state index contributed by atoms with van der Waals surface area (Å²) in [5.74, 6) is -1.46. The van der Waals surface area contributed by atoms with E-state index in [4.69, 9.17) is 5.11 Å². The Morgan fingerprint density at radius 2 is 2.25 bits per heavy atom. The maximum Gasteiger partial charge on any atom is 0.326 e. The molecule has 0 spiro atoms. The summed E-state index contributed by atoms with van der Waals surface area (Å²) in [5, 5.41) is 17.9. The van der Waals surface area contributed by atoms with Crippen LogP contribution in [-0.2, 0) is 9.59 Å². The summed E-state index contributed by atoms with van der Waals surface area (Å²) in [7, 11) is 0. The van der Waals surface area contributed by atoms with Gasteiger partial charge in [0.2, 0.25) is 6.41 Å². The number of carboxylic acids is 1. The molecule has 0 aromatic heterocycles. The molecule has 5 heteroatoms. The van der Waals surface area contributed by atoms with E-state index >= 15 is 0 Å². The Morgan fingerprint density at radius 3 is 2.58 bits per heavy atom. The van der Waals surface area contributed by atoms with Gasteiger partial charge >= 0.3 is 5.97 Å². The van der Waals surface area contributed by atoms with Crippen molar-refractivity contribution in [2.45, 2.75) is 19.1 Å². The minimum absolute atomic E-state index is 0.113. The van der Waals surface area contributed by atoms with Crippen molar-refractivity contribution >= 4 is 12.4 Å². The van der Waals surface area contributed by atoms with E-state index in [0.29, 0.717) is 6.41 Å². The highest BCUT2D eigenvalue weighted by Gasteiger charge is 2.41. The smallest absolute Gasteiger partial charge is 0.326 e. The second-order valence-electron chi connectivity index (χ2n) is 3.01. The number of carbonyl (C=O) groups is 2. The summed E-state index contributed by atoms with van der Waals surface area (Å²) in [6, 6.07) is -0.877. The lowest BCUT2D eigenvalue weighted by Gasteiger charge is -2.17. The number of carbonyl (C=O) groups excluding carboxylic acids is 1. The Kier molecular flexibility index (Phi) is 2.32. The second-order valence-corrected chi connectivity index (χ2v) is 3.01. The number of rotatable bonds is 2. The average molecular weight is 173 g/mol. The van der Waals surface area contributed by atoms with Crippen LogP contribution in [0.15, 0.2) is 0 Å². The van der Waals surface area contributed by atoms with E-state index < -0.39 is 24.0 Å². The average Bonchev–Trinajstić information content (AvgIpc) is 2.28. The molecule has 1 saturated heterocycles. The van der Waals surface area contributed by atoms with Crippen LogP contribution in [0.3, 0.4) is 0 Å². The molecule has 1 heterocycles. The molecule has 1 amide bonds. The Hall–Kier alpha value is -1.10. The van der Waals surface area contributed by atoms with Crippen LogP contribution in [-0.4, -0.2) is 46.2 Å². The Labute approximate surface area is 69.6 Å². The Morgan fingerprint density at radius 1 is 1.67 bits per heavy atom. The monoisotopic (exact) mass is 173 g/mol. The van der Waals surface area contributed by atoms with Gasteiger partial charge in [-0.3, -0.25) is 4.79 Å². The van der Waals surface area contributed by atoms with Gasteiger partial charge in [-0.25, -0.2) is 4.79 Å². The highest BCUT2D eigenvalue weighted by molar-refractivity contribution is 5.77. The molecule has 2 N–H and O–H groups in total. The van der Waals surface area contributed by atoms with Crippen molar-refractivity contribution in [3.05, 3.63) is 0 Å². The van der Waals surface area contributed by atoms with Gasteiger partial charge in [0.15, 0.2) is 0 Å². The van der Waals surface area contributed by atoms with Crippen LogP contribution in [0.1, 0.15) is 6.92 Å². The third-order valence-electron chi connectivity index (χ3n) is 2.25. The summed E-state index contributed by atoms with van der Waals surface area (Å²) < 4.78 is 0. The van der Waals surface area contributed by atoms with Crippen LogP contribution in [0.25, 0.3) is 0 Å². The van der Waals surface area contributed by atoms with Gasteiger partial charge in [-0.15, -0.1) is 0 Å². The molecule has 0 aromatic carbocycles. The molecule has 1 aliphatic rings. The zero-order chi connectivity index (χ0) is 9.30. The number of aliphatic hydroxyl groups excluding tert-OH is 1. The van der Waals surface area contributed by atoms with Crippen LogP contribution < -0.4 is 0 Å². The van der Waals surface area contributed by atoms with Gasteiger partial charge in [0.05, 0.1) is 6.10 Å². The number of hydrogen-bond donors (Lipinski definition) is 2. The predicted molar refractivity (Wildman–Crippen MR) is 39.4 cm³/mol. The molecule has 12 heavy (non-hydrogen) atoms. The lowest BCUT2D eigenvalue weighted by atomic mass is 10.0. The third-order valence-corrected chi connectivity index (χ3v) is 2.25. The number of likely N-dealkylation sites (tertiary alicyclic amines) is 1. The lowest BCUT2D eigenvalue weighted by Crippen LogP contribution is -2.38. The van der Waals surface area contributed by atoms with Crippen molar-refractivity contribution in [3.8, 4) is 0 Å². The minimum atomic E-state index is -1.06. The number of carboxylic acid groups (broad SMARTS) is 1. The molecule has 3 atom stereocenters. The van der Waals surface area contributed by atoms with Gasteiger partial charge in [-0.1, -0.05) is 6.92 Å². The molecule has 68 valence electrons. The number of aliphatic carboxylic acids is 1. The molecular formula is C7H11NO4. The fourth-order valence-corrected chi connectivity index (χ4v) is 1.48. The van der Waals surface area contributed by atoms with E-state index in [2.05, 4.69) is 0 Å². The zero-order valence-corrected chi connectivity index (χ0v) is 6.67. The van der Waals surface area contributed by atoms with Crippen LogP contribution in [0.4, 0.5) is 0 Å². The van der Waals surface area contributed by atoms with E-state index in [-0.39, 0.29) is 6.54 Å². The summed E-state index contributed by atoms with van der Waals surface area (Å²) in [6.45, 7) is 1.73. The number of nitrogens with zero attached hydrogens (tertiary/aromatic N) is 1. The normalized spacial score (nSPS) is 35.2. The van der Waals surface area contributed by atoms with E-state index in [1.807, 2.05) is 0 Å². The van der Waals surface area contributed by atoms with Crippen molar-refractivity contribution in [2.24, 2.45) is 5.92 Å². The lowest BCUT2D eigenvalue weighted by molar-refractivity contribution is -0.146. The van der Waals surface area contributed by atoms with Gasteiger partial charge in [0.1, 0.15) is 6.04 Å². The number of aliphatic hydroxyl groups is 1. The van der Waals surface area contributed by atoms with E-state index in [1.54, 1.807) is 6.92 Å². The van der Waals surface area contributed by atoms with Gasteiger partial charge in [-0.05, 0) is 0 Å². The first-order valence-corrected chi connectivity index (χ1v) is 3.70. The molecule has 0 saturated carbocycles. The first kappa shape index (κ1) is 8.99. The fourth-order valence-electron chi connectivity index (χ4n) is 1.48.